The molecule has 0 bridgehead atoms. The normalized spacial score (nSPS) is 11.2. The van der Waals surface area contributed by atoms with E-state index in [-0.39, 0.29) is 5.56 Å². The highest BCUT2D eigenvalue weighted by atomic mass is 19.4. The number of aromatic carboxylic acids is 1. The molecule has 108 valence electrons. The van der Waals surface area contributed by atoms with Gasteiger partial charge in [-0.15, -0.1) is 0 Å². The van der Waals surface area contributed by atoms with Crippen molar-refractivity contribution in [2.75, 3.05) is 0 Å². The van der Waals surface area contributed by atoms with Crippen molar-refractivity contribution in [1.29, 1.82) is 0 Å². The number of ketones is 1. The number of rotatable bonds is 3. The Morgan fingerprint density at radius 3 is 2.05 bits per heavy atom. The van der Waals surface area contributed by atoms with Crippen LogP contribution in [0.25, 0.3) is 0 Å². The molecule has 0 fully saturated rings. The zero-order valence-corrected chi connectivity index (χ0v) is 10.5. The fourth-order valence-electron chi connectivity index (χ4n) is 1.84. The molecule has 0 aliphatic rings. The van der Waals surface area contributed by atoms with Crippen molar-refractivity contribution in [3.8, 4) is 0 Å². The van der Waals surface area contributed by atoms with Crippen LogP contribution in [0, 0.1) is 0 Å². The minimum absolute atomic E-state index is 0.124. The van der Waals surface area contributed by atoms with E-state index in [0.717, 1.165) is 6.07 Å². The van der Waals surface area contributed by atoms with Gasteiger partial charge in [0.25, 0.3) is 0 Å². The van der Waals surface area contributed by atoms with E-state index in [1.54, 1.807) is 18.2 Å². The molecule has 6 heteroatoms. The number of carbonyl (C=O) groups excluding carboxylic acids is 1. The first-order valence-electron chi connectivity index (χ1n) is 5.85. The molecule has 0 aliphatic heterocycles. The van der Waals surface area contributed by atoms with Crippen LogP contribution in [-0.2, 0) is 6.18 Å². The summed E-state index contributed by atoms with van der Waals surface area (Å²) in [6.45, 7) is 0. The smallest absolute Gasteiger partial charge is 0.416 e. The molecule has 2 rings (SSSR count). The SMILES string of the molecule is O=C(O)c1ccc(C(F)(F)F)cc1C(=O)c1ccccc1. The van der Waals surface area contributed by atoms with Gasteiger partial charge in [-0.25, -0.2) is 4.79 Å². The van der Waals surface area contributed by atoms with Gasteiger partial charge in [0.15, 0.2) is 5.78 Å². The first-order chi connectivity index (χ1) is 9.80. The number of carbonyl (C=O) groups is 2. The molecule has 1 N–H and O–H groups in total. The predicted molar refractivity (Wildman–Crippen MR) is 68.3 cm³/mol. The Hall–Kier alpha value is -2.63. The van der Waals surface area contributed by atoms with Crippen LogP contribution < -0.4 is 0 Å². The molecule has 3 nitrogen and oxygen atoms in total. The first-order valence-corrected chi connectivity index (χ1v) is 5.85. The monoisotopic (exact) mass is 294 g/mol. The predicted octanol–water partition coefficient (Wildman–Crippen LogP) is 3.63. The Morgan fingerprint density at radius 2 is 1.52 bits per heavy atom. The van der Waals surface area contributed by atoms with Gasteiger partial charge < -0.3 is 5.11 Å². The molecule has 0 amide bonds. The summed E-state index contributed by atoms with van der Waals surface area (Å²) in [5.74, 6) is -2.22. The molecular weight excluding hydrogens is 285 g/mol. The van der Waals surface area contributed by atoms with Crippen LogP contribution in [0.3, 0.4) is 0 Å². The lowest BCUT2D eigenvalue weighted by Crippen LogP contribution is -2.13. The molecule has 0 unspecified atom stereocenters. The molecule has 0 saturated carbocycles. The number of hydrogen-bond acceptors (Lipinski definition) is 2. The number of hydrogen-bond donors (Lipinski definition) is 1. The lowest BCUT2D eigenvalue weighted by Gasteiger charge is -2.11. The molecule has 0 spiro atoms. The van der Waals surface area contributed by atoms with E-state index in [0.29, 0.717) is 12.1 Å². The van der Waals surface area contributed by atoms with Gasteiger partial charge in [0.05, 0.1) is 11.1 Å². The summed E-state index contributed by atoms with van der Waals surface area (Å²) in [6.07, 6.45) is -4.65. The first kappa shape index (κ1) is 14.8. The van der Waals surface area contributed by atoms with E-state index in [2.05, 4.69) is 0 Å². The maximum Gasteiger partial charge on any atom is 0.416 e. The summed E-state index contributed by atoms with van der Waals surface area (Å²) in [5, 5.41) is 9.02. The van der Waals surface area contributed by atoms with E-state index < -0.39 is 34.6 Å². The second-order valence-corrected chi connectivity index (χ2v) is 4.26. The fraction of sp³-hybridized carbons (Fsp3) is 0.0667. The molecule has 2 aromatic rings. The third-order valence-electron chi connectivity index (χ3n) is 2.86. The van der Waals surface area contributed by atoms with E-state index >= 15 is 0 Å². The number of benzene rings is 2. The van der Waals surface area contributed by atoms with Crippen molar-refractivity contribution in [3.63, 3.8) is 0 Å². The quantitative estimate of drug-likeness (QED) is 0.879. The lowest BCUT2D eigenvalue weighted by molar-refractivity contribution is -0.137. The van der Waals surface area contributed by atoms with E-state index in [4.69, 9.17) is 5.11 Å². The molecule has 0 aliphatic carbocycles. The van der Waals surface area contributed by atoms with Gasteiger partial charge in [0.2, 0.25) is 0 Å². The van der Waals surface area contributed by atoms with Crippen LogP contribution >= 0.6 is 0 Å². The van der Waals surface area contributed by atoms with Gasteiger partial charge in [-0.3, -0.25) is 4.79 Å². The van der Waals surface area contributed by atoms with E-state index in [1.165, 1.54) is 12.1 Å². The Balaban J connectivity index is 2.59. The Labute approximate surface area is 117 Å². The summed E-state index contributed by atoms with van der Waals surface area (Å²) >= 11 is 0. The maximum absolute atomic E-state index is 12.7. The lowest BCUT2D eigenvalue weighted by atomic mass is 9.96. The number of halogens is 3. The fourth-order valence-corrected chi connectivity index (χ4v) is 1.84. The zero-order chi connectivity index (χ0) is 15.6. The van der Waals surface area contributed by atoms with Gasteiger partial charge in [-0.05, 0) is 18.2 Å². The van der Waals surface area contributed by atoms with Gasteiger partial charge in [-0.1, -0.05) is 30.3 Å². The Kier molecular flexibility index (Phi) is 3.80. The minimum Gasteiger partial charge on any atom is -0.478 e. The van der Waals surface area contributed by atoms with E-state index in [9.17, 15) is 22.8 Å². The summed E-state index contributed by atoms with van der Waals surface area (Å²) in [5.41, 5.74) is -1.88. The third-order valence-corrected chi connectivity index (χ3v) is 2.86. The highest BCUT2D eigenvalue weighted by Gasteiger charge is 2.32. The van der Waals surface area contributed by atoms with Crippen LogP contribution in [-0.4, -0.2) is 16.9 Å². The van der Waals surface area contributed by atoms with Crippen LogP contribution in [0.15, 0.2) is 48.5 Å². The van der Waals surface area contributed by atoms with Crippen LogP contribution in [0.2, 0.25) is 0 Å². The summed E-state index contributed by atoms with van der Waals surface area (Å²) in [6, 6.07) is 9.55. The maximum atomic E-state index is 12.7. The minimum atomic E-state index is -4.65. The average Bonchev–Trinajstić information content (AvgIpc) is 2.45. The molecule has 0 saturated heterocycles. The highest BCUT2D eigenvalue weighted by Crippen LogP contribution is 2.31. The van der Waals surface area contributed by atoms with Crippen molar-refractivity contribution in [3.05, 3.63) is 70.8 Å². The second kappa shape index (κ2) is 5.40. The van der Waals surface area contributed by atoms with Crippen molar-refractivity contribution in [1.82, 2.24) is 0 Å². The van der Waals surface area contributed by atoms with Crippen molar-refractivity contribution < 1.29 is 27.9 Å². The van der Waals surface area contributed by atoms with Gasteiger partial charge in [0, 0.05) is 11.1 Å². The number of carboxylic acid groups (broad SMARTS) is 1. The summed E-state index contributed by atoms with van der Waals surface area (Å²) in [4.78, 5) is 23.3. The molecule has 0 aromatic heterocycles. The zero-order valence-electron chi connectivity index (χ0n) is 10.5. The molecule has 0 radical (unpaired) electrons. The topological polar surface area (TPSA) is 54.4 Å². The summed E-state index contributed by atoms with van der Waals surface area (Å²) < 4.78 is 38.1. The van der Waals surface area contributed by atoms with E-state index in [1.807, 2.05) is 0 Å². The molecule has 0 heterocycles. The van der Waals surface area contributed by atoms with Gasteiger partial charge in [-0.2, -0.15) is 13.2 Å². The van der Waals surface area contributed by atoms with Crippen LogP contribution in [0.4, 0.5) is 13.2 Å². The highest BCUT2D eigenvalue weighted by molar-refractivity contribution is 6.14. The molecule has 21 heavy (non-hydrogen) atoms. The average molecular weight is 294 g/mol. The molecule has 0 atom stereocenters. The Morgan fingerprint density at radius 1 is 0.905 bits per heavy atom. The number of alkyl halides is 3. The summed E-state index contributed by atoms with van der Waals surface area (Å²) in [7, 11) is 0. The van der Waals surface area contributed by atoms with Gasteiger partial charge in [0.1, 0.15) is 0 Å². The number of carboxylic acids is 1. The third kappa shape index (κ3) is 3.10. The van der Waals surface area contributed by atoms with Crippen molar-refractivity contribution in [2.24, 2.45) is 0 Å². The second-order valence-electron chi connectivity index (χ2n) is 4.26. The van der Waals surface area contributed by atoms with Crippen molar-refractivity contribution in [2.45, 2.75) is 6.18 Å². The molecular formula is C15H9F3O3. The van der Waals surface area contributed by atoms with Crippen LogP contribution in [0.5, 0.6) is 0 Å². The van der Waals surface area contributed by atoms with Crippen molar-refractivity contribution >= 4 is 11.8 Å². The molecule has 2 aromatic carbocycles. The Bertz CT molecular complexity index is 691. The standard InChI is InChI=1S/C15H9F3O3/c16-15(17,18)10-6-7-11(14(20)21)12(8-10)13(19)9-4-2-1-3-5-9/h1-8H,(H,20,21). The van der Waals surface area contributed by atoms with Crippen LogP contribution in [0.1, 0.15) is 31.8 Å². The largest absolute Gasteiger partial charge is 0.478 e. The van der Waals surface area contributed by atoms with Gasteiger partial charge >= 0.3 is 12.1 Å².